The third-order valence-electron chi connectivity index (χ3n) is 6.75. The van der Waals surface area contributed by atoms with Gasteiger partial charge in [0.2, 0.25) is 0 Å². The summed E-state index contributed by atoms with van der Waals surface area (Å²) in [6.45, 7) is 2.08. The topological polar surface area (TPSA) is 85.8 Å². The van der Waals surface area contributed by atoms with Gasteiger partial charge < -0.3 is 15.4 Å². The fourth-order valence-corrected chi connectivity index (χ4v) is 5.15. The average Bonchev–Trinajstić information content (AvgIpc) is 3.38. The molecule has 2 aliphatic heterocycles. The van der Waals surface area contributed by atoms with Crippen LogP contribution >= 0.6 is 0 Å². The molecule has 180 valence electrons. The molecule has 0 saturated carbocycles. The van der Waals surface area contributed by atoms with E-state index in [1.54, 1.807) is 17.5 Å². The van der Waals surface area contributed by atoms with Crippen LogP contribution in [0.5, 0.6) is 5.75 Å². The number of rotatable bonds is 1. The number of carbonyl (C=O) groups excluding carboxylic acids is 1. The molecule has 4 aromatic rings. The van der Waals surface area contributed by atoms with Crippen molar-refractivity contribution in [1.29, 1.82) is 0 Å². The zero-order valence-electron chi connectivity index (χ0n) is 18.4. The fourth-order valence-electron chi connectivity index (χ4n) is 5.15. The van der Waals surface area contributed by atoms with Gasteiger partial charge in [0.1, 0.15) is 34.8 Å². The molecule has 4 heterocycles. The van der Waals surface area contributed by atoms with E-state index in [2.05, 4.69) is 9.97 Å². The molecule has 2 aromatic carbocycles. The number of piperidine rings is 1. The van der Waals surface area contributed by atoms with Crippen molar-refractivity contribution < 1.29 is 27.1 Å². The number of nitrogens with two attached hydrogens (primary N) is 1. The Hall–Kier alpha value is -3.89. The number of ether oxygens (including phenoxy) is 1. The van der Waals surface area contributed by atoms with Gasteiger partial charge >= 0.3 is 6.18 Å². The van der Waals surface area contributed by atoms with Crippen LogP contribution in [0.2, 0.25) is 0 Å². The predicted molar refractivity (Wildman–Crippen MR) is 118 cm³/mol. The number of likely N-dealkylation sites (tertiary alicyclic amines) is 1. The second-order valence-corrected chi connectivity index (χ2v) is 8.84. The highest BCUT2D eigenvalue weighted by Crippen LogP contribution is 2.47. The number of halogens is 4. The van der Waals surface area contributed by atoms with E-state index in [-0.39, 0.29) is 22.6 Å². The molecule has 11 heteroatoms. The van der Waals surface area contributed by atoms with E-state index in [4.69, 9.17) is 10.5 Å². The van der Waals surface area contributed by atoms with Gasteiger partial charge in [0, 0.05) is 18.2 Å². The van der Waals surface area contributed by atoms with E-state index < -0.39 is 35.6 Å². The van der Waals surface area contributed by atoms with Gasteiger partial charge in [0.15, 0.2) is 0 Å². The third-order valence-corrected chi connectivity index (χ3v) is 6.75. The number of aromatic nitrogens is 3. The molecule has 0 unspecified atom stereocenters. The SMILES string of the molecule is Cc1ncc2c(N)nc3cc(F)c(C(=O)N4CCC[C@@H]5Oc6cc(C(F)(F)F)ccc6[C@@H]54)cc3n12. The molecule has 0 bridgehead atoms. The number of imidazole rings is 1. The maximum atomic E-state index is 15.2. The first kappa shape index (κ1) is 21.6. The van der Waals surface area contributed by atoms with Crippen molar-refractivity contribution in [2.75, 3.05) is 12.3 Å². The van der Waals surface area contributed by atoms with Crippen LogP contribution in [0.4, 0.5) is 23.4 Å². The zero-order chi connectivity index (χ0) is 24.6. The van der Waals surface area contributed by atoms with Crippen molar-refractivity contribution in [1.82, 2.24) is 19.3 Å². The summed E-state index contributed by atoms with van der Waals surface area (Å²) >= 11 is 0. The summed E-state index contributed by atoms with van der Waals surface area (Å²) in [6.07, 6.45) is -2.31. The van der Waals surface area contributed by atoms with E-state index in [1.807, 2.05) is 0 Å². The first-order chi connectivity index (χ1) is 16.6. The second-order valence-electron chi connectivity index (χ2n) is 8.84. The highest BCUT2D eigenvalue weighted by molar-refractivity contribution is 5.99. The lowest BCUT2D eigenvalue weighted by Crippen LogP contribution is -2.44. The summed E-state index contributed by atoms with van der Waals surface area (Å²) in [4.78, 5) is 23.6. The Morgan fingerprint density at radius 1 is 1.20 bits per heavy atom. The second kappa shape index (κ2) is 7.30. The van der Waals surface area contributed by atoms with Gasteiger partial charge in [-0.1, -0.05) is 6.07 Å². The minimum Gasteiger partial charge on any atom is -0.488 e. The lowest BCUT2D eigenvalue weighted by atomic mass is 9.93. The summed E-state index contributed by atoms with van der Waals surface area (Å²) in [5.74, 6) is -0.448. The van der Waals surface area contributed by atoms with E-state index in [0.29, 0.717) is 41.8 Å². The molecule has 2 atom stereocenters. The lowest BCUT2D eigenvalue weighted by Gasteiger charge is -2.36. The predicted octanol–water partition coefficient (Wildman–Crippen LogP) is 4.67. The van der Waals surface area contributed by atoms with Gasteiger partial charge in [0.25, 0.3) is 5.91 Å². The molecule has 2 aromatic heterocycles. The van der Waals surface area contributed by atoms with Crippen molar-refractivity contribution in [3.05, 3.63) is 64.9 Å². The number of benzene rings is 2. The summed E-state index contributed by atoms with van der Waals surface area (Å²) in [7, 11) is 0. The van der Waals surface area contributed by atoms with Crippen molar-refractivity contribution in [2.24, 2.45) is 0 Å². The Labute approximate surface area is 196 Å². The molecule has 1 saturated heterocycles. The monoisotopic (exact) mass is 485 g/mol. The molecular weight excluding hydrogens is 466 g/mol. The van der Waals surface area contributed by atoms with E-state index >= 15 is 4.39 Å². The van der Waals surface area contributed by atoms with Crippen molar-refractivity contribution in [3.63, 3.8) is 0 Å². The Bertz CT molecular complexity index is 1530. The van der Waals surface area contributed by atoms with Crippen LogP contribution in [-0.4, -0.2) is 37.8 Å². The smallest absolute Gasteiger partial charge is 0.416 e. The normalized spacial score (nSPS) is 19.6. The largest absolute Gasteiger partial charge is 0.488 e. The summed E-state index contributed by atoms with van der Waals surface area (Å²) < 4.78 is 62.3. The first-order valence-corrected chi connectivity index (χ1v) is 11.0. The van der Waals surface area contributed by atoms with Gasteiger partial charge in [-0.05, 0) is 38.0 Å². The van der Waals surface area contributed by atoms with Crippen molar-refractivity contribution in [3.8, 4) is 5.75 Å². The number of nitrogen functional groups attached to an aromatic ring is 1. The molecule has 2 aliphatic rings. The van der Waals surface area contributed by atoms with E-state index in [0.717, 1.165) is 18.2 Å². The van der Waals surface area contributed by atoms with E-state index in [9.17, 15) is 18.0 Å². The van der Waals surface area contributed by atoms with Gasteiger partial charge in [-0.25, -0.2) is 14.4 Å². The highest BCUT2D eigenvalue weighted by atomic mass is 19.4. The Morgan fingerprint density at radius 2 is 2.00 bits per heavy atom. The van der Waals surface area contributed by atoms with Crippen LogP contribution in [0, 0.1) is 12.7 Å². The summed E-state index contributed by atoms with van der Waals surface area (Å²) in [6, 6.07) is 5.26. The van der Waals surface area contributed by atoms with Gasteiger partial charge in [-0.2, -0.15) is 13.2 Å². The minimum absolute atomic E-state index is 0.101. The number of nitrogens with zero attached hydrogens (tertiary/aromatic N) is 4. The van der Waals surface area contributed by atoms with Crippen molar-refractivity contribution in [2.45, 2.75) is 38.1 Å². The maximum Gasteiger partial charge on any atom is 0.416 e. The zero-order valence-corrected chi connectivity index (χ0v) is 18.4. The molecule has 6 rings (SSSR count). The standard InChI is InChI=1S/C24H19F4N5O2/c1-11-30-10-18-22(29)31-16-9-15(25)14(8-17(16)33(11)18)23(34)32-6-2-3-19-21(32)13-5-4-12(24(26,27)28)7-20(13)35-19/h4-5,7-10,19,21H,2-3,6H2,1H3,(H2,29,31)/t19-,21-/m0/s1. The molecule has 1 fully saturated rings. The number of anilines is 1. The van der Waals surface area contributed by atoms with Gasteiger partial charge in [-0.3, -0.25) is 9.20 Å². The first-order valence-electron chi connectivity index (χ1n) is 11.0. The number of aryl methyl sites for hydroxylation is 1. The summed E-state index contributed by atoms with van der Waals surface area (Å²) in [5.41, 5.74) is 6.77. The number of hydrogen-bond donors (Lipinski definition) is 1. The number of alkyl halides is 3. The van der Waals surface area contributed by atoms with E-state index in [1.165, 1.54) is 17.0 Å². The molecule has 7 nitrogen and oxygen atoms in total. The molecule has 0 aliphatic carbocycles. The number of amides is 1. The van der Waals surface area contributed by atoms with Crippen LogP contribution in [0.3, 0.4) is 0 Å². The quantitative estimate of drug-likeness (QED) is 0.396. The molecule has 0 radical (unpaired) electrons. The fraction of sp³-hybridized carbons (Fsp3) is 0.292. The highest BCUT2D eigenvalue weighted by Gasteiger charge is 2.44. The Balaban J connectivity index is 1.44. The number of hydrogen-bond acceptors (Lipinski definition) is 5. The van der Waals surface area contributed by atoms with Crippen LogP contribution in [0.1, 0.15) is 46.2 Å². The van der Waals surface area contributed by atoms with Crippen LogP contribution in [0.25, 0.3) is 16.6 Å². The van der Waals surface area contributed by atoms with Crippen LogP contribution in [0.15, 0.2) is 36.5 Å². The van der Waals surface area contributed by atoms with Gasteiger partial charge in [0.05, 0.1) is 34.4 Å². The number of fused-ring (bicyclic) bond motifs is 6. The summed E-state index contributed by atoms with van der Waals surface area (Å²) in [5, 5.41) is 0. The minimum atomic E-state index is -4.51. The van der Waals surface area contributed by atoms with Crippen LogP contribution in [-0.2, 0) is 6.18 Å². The Morgan fingerprint density at radius 3 is 2.77 bits per heavy atom. The lowest BCUT2D eigenvalue weighted by molar-refractivity contribution is -0.137. The van der Waals surface area contributed by atoms with Crippen molar-refractivity contribution >= 4 is 28.3 Å². The molecule has 35 heavy (non-hydrogen) atoms. The molecule has 2 N–H and O–H groups in total. The van der Waals surface area contributed by atoms with Crippen LogP contribution < -0.4 is 10.5 Å². The average molecular weight is 485 g/mol. The third kappa shape index (κ3) is 3.21. The molecule has 1 amide bonds. The van der Waals surface area contributed by atoms with Gasteiger partial charge in [-0.15, -0.1) is 0 Å². The Kier molecular flexibility index (Phi) is 4.51. The maximum absolute atomic E-state index is 15.2. The molecule has 0 spiro atoms. The molecular formula is C24H19F4N5O2. The number of carbonyl (C=O) groups is 1.